The Hall–Kier alpha value is -2.73. The second-order valence-electron chi connectivity index (χ2n) is 6.82. The standard InChI is InChI=1S/C15H18N4.C7H13NO/c1-5-14(19(4)6-2)12-7-11-8-15(16-3)18-10-13(11)17-9-12;1-7(6-9)8-4-2-3-5-8/h5-10H,2H2,1,3-4H3,(H,16,18);6-7H,2-5H2,1H3/b14-5-;. The average Bonchev–Trinajstić information content (AvgIpc) is 3.28. The van der Waals surface area contributed by atoms with Crippen molar-refractivity contribution in [1.29, 1.82) is 0 Å². The molecule has 1 saturated heterocycles. The highest BCUT2D eigenvalue weighted by atomic mass is 16.1. The monoisotopic (exact) mass is 381 g/mol. The summed E-state index contributed by atoms with van der Waals surface area (Å²) in [5, 5.41) is 4.10. The minimum Gasteiger partial charge on any atom is -0.373 e. The van der Waals surface area contributed by atoms with Crippen LogP contribution in [0.2, 0.25) is 0 Å². The molecular weight excluding hydrogens is 350 g/mol. The first-order valence-electron chi connectivity index (χ1n) is 9.69. The molecule has 0 aromatic carbocycles. The molecule has 28 heavy (non-hydrogen) atoms. The number of allylic oxidation sites excluding steroid dienone is 1. The SMILES string of the molecule is C=CN(C)/C(=C\C)c1cnc2cnc(NC)cc2c1.CC(C=O)N1CCCC1. The minimum absolute atomic E-state index is 0.146. The molecule has 0 aliphatic carbocycles. The number of nitrogens with zero attached hydrogens (tertiary/aromatic N) is 4. The predicted molar refractivity (Wildman–Crippen MR) is 117 cm³/mol. The van der Waals surface area contributed by atoms with Gasteiger partial charge < -0.3 is 15.0 Å². The van der Waals surface area contributed by atoms with Crippen LogP contribution >= 0.6 is 0 Å². The van der Waals surface area contributed by atoms with Gasteiger partial charge in [0.2, 0.25) is 0 Å². The molecule has 1 unspecified atom stereocenters. The molecule has 1 aliphatic rings. The molecule has 150 valence electrons. The molecule has 2 aromatic rings. The molecule has 0 saturated carbocycles. The van der Waals surface area contributed by atoms with E-state index in [2.05, 4.69) is 32.8 Å². The molecule has 3 rings (SSSR count). The van der Waals surface area contributed by atoms with Crippen LogP contribution in [0.5, 0.6) is 0 Å². The quantitative estimate of drug-likeness (QED) is 0.769. The second kappa shape index (κ2) is 10.6. The van der Waals surface area contributed by atoms with Crippen LogP contribution in [0.1, 0.15) is 32.3 Å². The number of nitrogens with one attached hydrogen (secondary N) is 1. The van der Waals surface area contributed by atoms with Gasteiger partial charge in [0.25, 0.3) is 0 Å². The summed E-state index contributed by atoms with van der Waals surface area (Å²) in [5.74, 6) is 0.838. The molecule has 1 N–H and O–H groups in total. The lowest BCUT2D eigenvalue weighted by molar-refractivity contribution is -0.111. The topological polar surface area (TPSA) is 61.4 Å². The molecule has 1 atom stereocenters. The van der Waals surface area contributed by atoms with Crippen molar-refractivity contribution >= 4 is 28.7 Å². The van der Waals surface area contributed by atoms with E-state index in [-0.39, 0.29) is 6.04 Å². The first-order valence-corrected chi connectivity index (χ1v) is 9.69. The zero-order valence-electron chi connectivity index (χ0n) is 17.4. The molecule has 6 nitrogen and oxygen atoms in total. The van der Waals surface area contributed by atoms with Crippen molar-refractivity contribution in [3.8, 4) is 0 Å². The molecule has 0 bridgehead atoms. The van der Waals surface area contributed by atoms with E-state index >= 15 is 0 Å². The van der Waals surface area contributed by atoms with Crippen molar-refractivity contribution in [3.05, 3.63) is 48.9 Å². The summed E-state index contributed by atoms with van der Waals surface area (Å²) in [7, 11) is 3.83. The fourth-order valence-corrected chi connectivity index (χ4v) is 3.22. The van der Waals surface area contributed by atoms with Crippen LogP contribution in [-0.4, -0.2) is 59.3 Å². The van der Waals surface area contributed by atoms with Gasteiger partial charge in [-0.3, -0.25) is 9.88 Å². The smallest absolute Gasteiger partial charge is 0.136 e. The van der Waals surface area contributed by atoms with Crippen molar-refractivity contribution in [2.24, 2.45) is 0 Å². The fourth-order valence-electron chi connectivity index (χ4n) is 3.22. The van der Waals surface area contributed by atoms with Gasteiger partial charge in [0, 0.05) is 36.9 Å². The van der Waals surface area contributed by atoms with Crippen LogP contribution in [0.4, 0.5) is 5.82 Å². The first-order chi connectivity index (χ1) is 13.5. The summed E-state index contributed by atoms with van der Waals surface area (Å²) in [4.78, 5) is 23.1. The summed E-state index contributed by atoms with van der Waals surface area (Å²) in [6.07, 6.45) is 11.0. The van der Waals surface area contributed by atoms with Crippen molar-refractivity contribution in [2.45, 2.75) is 32.7 Å². The van der Waals surface area contributed by atoms with Crippen LogP contribution in [0, 0.1) is 0 Å². The summed E-state index contributed by atoms with van der Waals surface area (Å²) in [6, 6.07) is 4.25. The van der Waals surface area contributed by atoms with Crippen molar-refractivity contribution < 1.29 is 4.79 Å². The molecule has 0 spiro atoms. The van der Waals surface area contributed by atoms with E-state index in [4.69, 9.17) is 0 Å². The van der Waals surface area contributed by atoms with Crippen molar-refractivity contribution in [3.63, 3.8) is 0 Å². The fraction of sp³-hybridized carbons (Fsp3) is 0.409. The van der Waals surface area contributed by atoms with E-state index in [1.165, 1.54) is 12.8 Å². The van der Waals surface area contributed by atoms with Crippen molar-refractivity contribution in [1.82, 2.24) is 19.8 Å². The molecular formula is C22H31N5O. The Labute approximate surface area is 168 Å². The number of rotatable bonds is 6. The molecule has 6 heteroatoms. The van der Waals surface area contributed by atoms with E-state index < -0.39 is 0 Å². The van der Waals surface area contributed by atoms with Crippen LogP contribution in [0.15, 0.2) is 43.4 Å². The van der Waals surface area contributed by atoms with Gasteiger partial charge in [-0.1, -0.05) is 12.7 Å². The van der Waals surface area contributed by atoms with E-state index in [0.29, 0.717) is 0 Å². The lowest BCUT2D eigenvalue weighted by Gasteiger charge is -2.18. The van der Waals surface area contributed by atoms with Crippen LogP contribution in [0.25, 0.3) is 16.6 Å². The maximum atomic E-state index is 10.3. The minimum atomic E-state index is 0.146. The maximum Gasteiger partial charge on any atom is 0.136 e. The van der Waals surface area contributed by atoms with Gasteiger partial charge in [0.05, 0.1) is 17.8 Å². The summed E-state index contributed by atoms with van der Waals surface area (Å²) in [6.45, 7) is 9.97. The molecule has 3 heterocycles. The van der Waals surface area contributed by atoms with Crippen molar-refractivity contribution in [2.75, 3.05) is 32.5 Å². The number of pyridine rings is 2. The van der Waals surface area contributed by atoms with E-state index in [1.807, 2.05) is 51.2 Å². The number of fused-ring (bicyclic) bond motifs is 1. The molecule has 1 aliphatic heterocycles. The van der Waals surface area contributed by atoms with E-state index in [9.17, 15) is 4.79 Å². The second-order valence-corrected chi connectivity index (χ2v) is 6.82. The largest absolute Gasteiger partial charge is 0.373 e. The summed E-state index contributed by atoms with van der Waals surface area (Å²) in [5.41, 5.74) is 3.03. The Kier molecular flexibility index (Phi) is 8.14. The third kappa shape index (κ3) is 5.39. The van der Waals surface area contributed by atoms with Gasteiger partial charge >= 0.3 is 0 Å². The number of hydrogen-bond donors (Lipinski definition) is 1. The van der Waals surface area contributed by atoms with Gasteiger partial charge in [0.15, 0.2) is 0 Å². The Morgan fingerprint density at radius 1 is 1.29 bits per heavy atom. The molecule has 1 fully saturated rings. The lowest BCUT2D eigenvalue weighted by Crippen LogP contribution is -2.30. The molecule has 2 aromatic heterocycles. The highest BCUT2D eigenvalue weighted by Gasteiger charge is 2.16. The van der Waals surface area contributed by atoms with Crippen LogP contribution in [0.3, 0.4) is 0 Å². The lowest BCUT2D eigenvalue weighted by atomic mass is 10.1. The Morgan fingerprint density at radius 2 is 2.00 bits per heavy atom. The van der Waals surface area contributed by atoms with Gasteiger partial charge in [-0.15, -0.1) is 0 Å². The number of aromatic nitrogens is 2. The number of carbonyl (C=O) groups is 1. The first kappa shape index (κ1) is 21.6. The normalized spacial score (nSPS) is 15.5. The van der Waals surface area contributed by atoms with Crippen LogP contribution < -0.4 is 5.32 Å². The van der Waals surface area contributed by atoms with Gasteiger partial charge in [0.1, 0.15) is 12.1 Å². The number of carbonyl (C=O) groups excluding carboxylic acids is 1. The Morgan fingerprint density at radius 3 is 2.57 bits per heavy atom. The molecule has 0 radical (unpaired) electrons. The third-order valence-electron chi connectivity index (χ3n) is 4.96. The van der Waals surface area contributed by atoms with Gasteiger partial charge in [-0.25, -0.2) is 4.98 Å². The number of likely N-dealkylation sites (tertiary alicyclic amines) is 1. The zero-order chi connectivity index (χ0) is 20.5. The summed E-state index contributed by atoms with van der Waals surface area (Å²) >= 11 is 0. The van der Waals surface area contributed by atoms with Gasteiger partial charge in [-0.2, -0.15) is 0 Å². The Balaban J connectivity index is 0.000000261. The predicted octanol–water partition coefficient (Wildman–Crippen LogP) is 3.78. The van der Waals surface area contributed by atoms with Gasteiger partial charge in [-0.05, 0) is 58.1 Å². The van der Waals surface area contributed by atoms with E-state index in [0.717, 1.165) is 47.4 Å². The van der Waals surface area contributed by atoms with E-state index in [1.54, 1.807) is 12.4 Å². The zero-order valence-corrected chi connectivity index (χ0v) is 17.4. The number of aldehydes is 1. The highest BCUT2D eigenvalue weighted by molar-refractivity contribution is 5.83. The number of anilines is 1. The maximum absolute atomic E-state index is 10.3. The third-order valence-corrected chi connectivity index (χ3v) is 4.96. The average molecular weight is 382 g/mol. The summed E-state index contributed by atoms with van der Waals surface area (Å²) < 4.78 is 0. The number of hydrogen-bond acceptors (Lipinski definition) is 6. The highest BCUT2D eigenvalue weighted by Crippen LogP contribution is 2.22. The van der Waals surface area contributed by atoms with Crippen LogP contribution in [-0.2, 0) is 4.79 Å². The molecule has 0 amide bonds. The Bertz CT molecular complexity index is 827.